The van der Waals surface area contributed by atoms with Crippen LogP contribution in [0.1, 0.15) is 49.5 Å². The van der Waals surface area contributed by atoms with E-state index >= 15 is 0 Å². The Morgan fingerprint density at radius 2 is 2.11 bits per heavy atom. The Morgan fingerprint density at radius 1 is 1.41 bits per heavy atom. The van der Waals surface area contributed by atoms with Gasteiger partial charge in [0.2, 0.25) is 5.89 Å². The zero-order valence-corrected chi connectivity index (χ0v) is 16.7. The molecular weight excluding hydrogens is 344 g/mol. The van der Waals surface area contributed by atoms with Crippen molar-refractivity contribution in [3.8, 4) is 0 Å². The van der Waals surface area contributed by atoms with Crippen LogP contribution in [0.5, 0.6) is 0 Å². The molecule has 2 atom stereocenters. The van der Waals surface area contributed by atoms with Crippen molar-refractivity contribution in [1.29, 1.82) is 0 Å². The quantitative estimate of drug-likeness (QED) is 0.573. The van der Waals surface area contributed by atoms with Crippen LogP contribution < -0.4 is 5.32 Å². The number of carbonyl (C=O) groups is 1. The van der Waals surface area contributed by atoms with Gasteiger partial charge >= 0.3 is 0 Å². The fourth-order valence-corrected chi connectivity index (χ4v) is 3.01. The third kappa shape index (κ3) is 7.44. The van der Waals surface area contributed by atoms with E-state index in [9.17, 15) is 9.90 Å². The van der Waals surface area contributed by atoms with Crippen LogP contribution >= 0.6 is 0 Å². The van der Waals surface area contributed by atoms with Gasteiger partial charge in [0.25, 0.3) is 5.91 Å². The Kier molecular flexibility index (Phi) is 8.97. The number of aromatic nitrogens is 1. The highest BCUT2D eigenvalue weighted by Gasteiger charge is 2.21. The first-order valence-electron chi connectivity index (χ1n) is 9.98. The molecule has 0 bridgehead atoms. The molecule has 152 valence electrons. The van der Waals surface area contributed by atoms with Gasteiger partial charge in [-0.25, -0.2) is 4.98 Å². The number of nitrogens with zero attached hydrogens (tertiary/aromatic N) is 3. The van der Waals surface area contributed by atoms with Crippen molar-refractivity contribution < 1.29 is 14.3 Å². The first-order chi connectivity index (χ1) is 13.0. The summed E-state index contributed by atoms with van der Waals surface area (Å²) < 4.78 is 5.48. The number of β-amino-alcohol motifs (C(OH)–C–C–N with tert-alkyl or cyclic N) is 1. The Bertz CT molecular complexity index is 582. The summed E-state index contributed by atoms with van der Waals surface area (Å²) in [5.41, 5.74) is 0.345. The van der Waals surface area contributed by atoms with Gasteiger partial charge in [-0.15, -0.1) is 6.58 Å². The maximum Gasteiger partial charge on any atom is 0.273 e. The van der Waals surface area contributed by atoms with Gasteiger partial charge in [-0.1, -0.05) is 26.3 Å². The van der Waals surface area contributed by atoms with Crippen molar-refractivity contribution in [3.63, 3.8) is 0 Å². The van der Waals surface area contributed by atoms with Gasteiger partial charge in [-0.05, 0) is 18.8 Å². The molecule has 1 aliphatic rings. The lowest BCUT2D eigenvalue weighted by Gasteiger charge is -2.34. The second kappa shape index (κ2) is 11.2. The van der Waals surface area contributed by atoms with Crippen LogP contribution in [0.2, 0.25) is 0 Å². The molecule has 0 saturated carbocycles. The number of aliphatic hydroxyl groups excluding tert-OH is 1. The average Bonchev–Trinajstić information content (AvgIpc) is 3.14. The van der Waals surface area contributed by atoms with E-state index in [4.69, 9.17) is 4.42 Å². The van der Waals surface area contributed by atoms with E-state index in [1.54, 1.807) is 0 Å². The molecule has 0 unspecified atom stereocenters. The van der Waals surface area contributed by atoms with E-state index in [1.165, 1.54) is 6.26 Å². The molecule has 1 aromatic heterocycles. The summed E-state index contributed by atoms with van der Waals surface area (Å²) in [6.07, 6.45) is 5.63. The van der Waals surface area contributed by atoms with Crippen molar-refractivity contribution in [2.24, 2.45) is 5.92 Å². The van der Waals surface area contributed by atoms with Crippen LogP contribution in [0.25, 0.3) is 0 Å². The van der Waals surface area contributed by atoms with E-state index in [0.717, 1.165) is 45.4 Å². The number of aliphatic hydroxyl groups is 1. The molecule has 27 heavy (non-hydrogen) atoms. The topological polar surface area (TPSA) is 81.8 Å². The minimum absolute atomic E-state index is 0.177. The maximum absolute atomic E-state index is 12.1. The lowest BCUT2D eigenvalue weighted by molar-refractivity contribution is 0.0642. The zero-order valence-electron chi connectivity index (χ0n) is 16.7. The monoisotopic (exact) mass is 378 g/mol. The summed E-state index contributed by atoms with van der Waals surface area (Å²) in [5.74, 6) is 0.846. The van der Waals surface area contributed by atoms with Crippen molar-refractivity contribution in [2.45, 2.75) is 45.8 Å². The number of nitrogens with one attached hydrogen (secondary N) is 1. The lowest BCUT2D eigenvalue weighted by Crippen LogP contribution is -2.48. The standard InChI is InChI=1S/C20H34N4O3/c1-4-6-7-17(25)13-23-8-10-24(11-9-23)14-19-22-18(15-27-19)20(26)21-12-16(3)5-2/h4,15-17,25H,1,5-14H2,2-3H3,(H,21,26)/t16-,17-/m0/s1. The lowest BCUT2D eigenvalue weighted by atomic mass is 10.1. The molecule has 1 fully saturated rings. The molecule has 7 nitrogen and oxygen atoms in total. The smallest absolute Gasteiger partial charge is 0.273 e. The molecule has 0 radical (unpaired) electrons. The molecule has 0 aliphatic carbocycles. The molecule has 1 amide bonds. The number of carbonyl (C=O) groups excluding carboxylic acids is 1. The van der Waals surface area contributed by atoms with E-state index < -0.39 is 0 Å². The van der Waals surface area contributed by atoms with Gasteiger partial charge in [0.1, 0.15) is 6.26 Å². The summed E-state index contributed by atoms with van der Waals surface area (Å²) in [7, 11) is 0. The number of amides is 1. The van der Waals surface area contributed by atoms with E-state index in [1.807, 2.05) is 6.08 Å². The Hall–Kier alpha value is -1.70. The third-order valence-electron chi connectivity index (χ3n) is 5.09. The highest BCUT2D eigenvalue weighted by molar-refractivity contribution is 5.91. The Morgan fingerprint density at radius 3 is 2.78 bits per heavy atom. The van der Waals surface area contributed by atoms with E-state index in [0.29, 0.717) is 37.1 Å². The predicted molar refractivity (Wildman–Crippen MR) is 105 cm³/mol. The van der Waals surface area contributed by atoms with Crippen LogP contribution in [0.4, 0.5) is 0 Å². The predicted octanol–water partition coefficient (Wildman–Crippen LogP) is 1.90. The molecule has 1 saturated heterocycles. The molecule has 1 aliphatic heterocycles. The SMILES string of the molecule is C=CCC[C@H](O)CN1CCN(Cc2nc(C(=O)NC[C@@H](C)CC)co2)CC1. The molecule has 2 rings (SSSR count). The number of hydrogen-bond acceptors (Lipinski definition) is 6. The van der Waals surface area contributed by atoms with Crippen molar-refractivity contribution in [2.75, 3.05) is 39.3 Å². The molecule has 7 heteroatoms. The molecule has 2 heterocycles. The van der Waals surface area contributed by atoms with Gasteiger partial charge in [-0.2, -0.15) is 0 Å². The summed E-state index contributed by atoms with van der Waals surface area (Å²) >= 11 is 0. The van der Waals surface area contributed by atoms with Gasteiger partial charge in [0.15, 0.2) is 5.69 Å². The fraction of sp³-hybridized carbons (Fsp3) is 0.700. The summed E-state index contributed by atoms with van der Waals surface area (Å²) in [6.45, 7) is 13.5. The van der Waals surface area contributed by atoms with Gasteiger partial charge < -0.3 is 14.8 Å². The molecule has 2 N–H and O–H groups in total. The maximum atomic E-state index is 12.1. The Balaban J connectivity index is 1.72. The highest BCUT2D eigenvalue weighted by Crippen LogP contribution is 2.11. The molecular formula is C20H34N4O3. The average molecular weight is 379 g/mol. The summed E-state index contributed by atoms with van der Waals surface area (Å²) in [5, 5.41) is 12.9. The third-order valence-corrected chi connectivity index (χ3v) is 5.09. The number of hydrogen-bond donors (Lipinski definition) is 2. The van der Waals surface area contributed by atoms with Crippen molar-refractivity contribution in [3.05, 3.63) is 30.5 Å². The van der Waals surface area contributed by atoms with Crippen molar-refractivity contribution in [1.82, 2.24) is 20.1 Å². The molecule has 0 aromatic carbocycles. The number of piperazine rings is 1. The van der Waals surface area contributed by atoms with Gasteiger partial charge in [0.05, 0.1) is 12.6 Å². The van der Waals surface area contributed by atoms with Crippen LogP contribution in [-0.4, -0.2) is 71.2 Å². The summed E-state index contributed by atoms with van der Waals surface area (Å²) in [6, 6.07) is 0. The van der Waals surface area contributed by atoms with Crippen LogP contribution in [0.15, 0.2) is 23.3 Å². The van der Waals surface area contributed by atoms with Crippen molar-refractivity contribution >= 4 is 5.91 Å². The first kappa shape index (κ1) is 21.6. The normalized spacial score (nSPS) is 18.2. The molecule has 0 spiro atoms. The zero-order chi connectivity index (χ0) is 19.6. The van der Waals surface area contributed by atoms with Crippen LogP contribution in [0.3, 0.4) is 0 Å². The minimum Gasteiger partial charge on any atom is -0.447 e. The highest BCUT2D eigenvalue weighted by atomic mass is 16.3. The second-order valence-corrected chi connectivity index (χ2v) is 7.45. The molecule has 1 aromatic rings. The van der Waals surface area contributed by atoms with Gasteiger partial charge in [-0.3, -0.25) is 14.6 Å². The number of allylic oxidation sites excluding steroid dienone is 1. The Labute approximate surface area is 162 Å². The van der Waals surface area contributed by atoms with E-state index in [2.05, 4.69) is 40.5 Å². The number of oxazole rings is 1. The van der Waals surface area contributed by atoms with Crippen LogP contribution in [0, 0.1) is 5.92 Å². The second-order valence-electron chi connectivity index (χ2n) is 7.45. The number of rotatable bonds is 11. The largest absolute Gasteiger partial charge is 0.447 e. The fourth-order valence-electron chi connectivity index (χ4n) is 3.01. The van der Waals surface area contributed by atoms with Crippen LogP contribution in [-0.2, 0) is 6.54 Å². The first-order valence-corrected chi connectivity index (χ1v) is 9.98. The van der Waals surface area contributed by atoms with Gasteiger partial charge in [0, 0.05) is 39.3 Å². The minimum atomic E-state index is -0.294. The summed E-state index contributed by atoms with van der Waals surface area (Å²) in [4.78, 5) is 21.0. The van der Waals surface area contributed by atoms with E-state index in [-0.39, 0.29) is 12.0 Å².